The van der Waals surface area contributed by atoms with E-state index in [1.54, 1.807) is 31.5 Å². The molecule has 1 aromatic heterocycles. The van der Waals surface area contributed by atoms with Gasteiger partial charge in [0.05, 0.1) is 12.8 Å². The fourth-order valence-corrected chi connectivity index (χ4v) is 2.76. The Morgan fingerprint density at radius 2 is 2.33 bits per heavy atom. The van der Waals surface area contributed by atoms with Crippen molar-refractivity contribution in [2.75, 3.05) is 18.2 Å². The molecule has 0 saturated carbocycles. The number of aromatic nitrogens is 2. The number of imidazole rings is 1. The molecule has 7 heteroatoms. The summed E-state index contributed by atoms with van der Waals surface area (Å²) in [5.74, 6) is 1.15. The van der Waals surface area contributed by atoms with E-state index in [-0.39, 0.29) is 5.91 Å². The number of thioether (sulfide) groups is 1. The van der Waals surface area contributed by atoms with Crippen molar-refractivity contribution < 1.29 is 9.53 Å². The largest absolute Gasteiger partial charge is 0.495 e. The molecular weight excluding hydrogens is 310 g/mol. The Balaban J connectivity index is 1.87. The maximum Gasteiger partial charge on any atom is 0.225 e. The molecule has 0 aliphatic heterocycles. The number of methoxy groups -OCH3 is 1. The van der Waals surface area contributed by atoms with E-state index in [4.69, 9.17) is 16.3 Å². The highest BCUT2D eigenvalue weighted by atomic mass is 35.5. The summed E-state index contributed by atoms with van der Waals surface area (Å²) in [6, 6.07) is 5.11. The second-order valence-corrected chi connectivity index (χ2v) is 5.81. The van der Waals surface area contributed by atoms with Gasteiger partial charge in [0.2, 0.25) is 5.91 Å². The molecule has 0 saturated heterocycles. The van der Waals surface area contributed by atoms with Crippen molar-refractivity contribution in [3.63, 3.8) is 0 Å². The standard InChI is InChI=1S/C14H16ClN3O2S/c1-18-7-6-16-14(18)21-8-5-13(19)17-11-9-10(15)3-4-12(11)20-2/h3-4,6-7,9H,5,8H2,1-2H3,(H,17,19). The number of nitrogens with one attached hydrogen (secondary N) is 1. The van der Waals surface area contributed by atoms with Gasteiger partial charge >= 0.3 is 0 Å². The number of amides is 1. The van der Waals surface area contributed by atoms with Gasteiger partial charge in [-0.2, -0.15) is 0 Å². The van der Waals surface area contributed by atoms with Gasteiger partial charge in [-0.05, 0) is 18.2 Å². The van der Waals surface area contributed by atoms with E-state index >= 15 is 0 Å². The number of aryl methyl sites for hydroxylation is 1. The fraction of sp³-hybridized carbons (Fsp3) is 0.286. The molecule has 0 aliphatic rings. The maximum absolute atomic E-state index is 12.0. The van der Waals surface area contributed by atoms with Crippen LogP contribution in [0.5, 0.6) is 5.75 Å². The Kier molecular flexibility index (Phi) is 5.52. The van der Waals surface area contributed by atoms with Gasteiger partial charge in [0.15, 0.2) is 5.16 Å². The molecule has 5 nitrogen and oxygen atoms in total. The third-order valence-electron chi connectivity index (χ3n) is 2.77. The third-order valence-corrected chi connectivity index (χ3v) is 4.07. The van der Waals surface area contributed by atoms with Gasteiger partial charge in [0.25, 0.3) is 0 Å². The first kappa shape index (κ1) is 15.7. The van der Waals surface area contributed by atoms with Crippen molar-refractivity contribution in [3.05, 3.63) is 35.6 Å². The third kappa shape index (κ3) is 4.41. The number of carbonyl (C=O) groups excluding carboxylic acids is 1. The minimum Gasteiger partial charge on any atom is -0.495 e. The molecular formula is C14H16ClN3O2S. The average Bonchev–Trinajstić information content (AvgIpc) is 2.85. The number of nitrogens with zero attached hydrogens (tertiary/aromatic N) is 2. The number of halogens is 1. The molecule has 2 aromatic rings. The van der Waals surface area contributed by atoms with Crippen LogP contribution in [0, 0.1) is 0 Å². The molecule has 1 aromatic carbocycles. The Hall–Kier alpha value is -1.66. The molecule has 0 aliphatic carbocycles. The SMILES string of the molecule is COc1ccc(Cl)cc1NC(=O)CCSc1nccn1C. The predicted molar refractivity (Wildman–Crippen MR) is 85.2 cm³/mol. The molecule has 2 rings (SSSR count). The van der Waals surface area contributed by atoms with Crippen LogP contribution in [0.1, 0.15) is 6.42 Å². The average molecular weight is 326 g/mol. The van der Waals surface area contributed by atoms with E-state index < -0.39 is 0 Å². The lowest BCUT2D eigenvalue weighted by Gasteiger charge is -2.10. The quantitative estimate of drug-likeness (QED) is 0.829. The maximum atomic E-state index is 12.0. The molecule has 0 atom stereocenters. The Bertz CT molecular complexity index is 630. The van der Waals surface area contributed by atoms with E-state index in [0.717, 1.165) is 5.16 Å². The summed E-state index contributed by atoms with van der Waals surface area (Å²) in [6.45, 7) is 0. The van der Waals surface area contributed by atoms with Gasteiger partial charge in [0, 0.05) is 36.6 Å². The van der Waals surface area contributed by atoms with E-state index in [1.807, 2.05) is 17.8 Å². The van der Waals surface area contributed by atoms with E-state index in [2.05, 4.69) is 10.3 Å². The minimum absolute atomic E-state index is 0.0859. The number of rotatable bonds is 6. The normalized spacial score (nSPS) is 10.4. The van der Waals surface area contributed by atoms with Crippen LogP contribution in [0.4, 0.5) is 5.69 Å². The number of hydrogen-bond donors (Lipinski definition) is 1. The second-order valence-electron chi connectivity index (χ2n) is 4.31. The topological polar surface area (TPSA) is 56.1 Å². The first-order chi connectivity index (χ1) is 10.1. The number of ether oxygens (including phenoxy) is 1. The van der Waals surface area contributed by atoms with Crippen molar-refractivity contribution in [1.29, 1.82) is 0 Å². The molecule has 0 unspecified atom stereocenters. The van der Waals surface area contributed by atoms with Crippen molar-refractivity contribution in [2.45, 2.75) is 11.6 Å². The van der Waals surface area contributed by atoms with Crippen LogP contribution in [-0.2, 0) is 11.8 Å². The van der Waals surface area contributed by atoms with E-state index in [1.165, 1.54) is 11.8 Å². The second kappa shape index (κ2) is 7.38. The summed E-state index contributed by atoms with van der Waals surface area (Å²) >= 11 is 7.46. The van der Waals surface area contributed by atoms with Crippen LogP contribution in [0.3, 0.4) is 0 Å². The predicted octanol–water partition coefficient (Wildman–Crippen LogP) is 3.20. The van der Waals surface area contributed by atoms with Crippen LogP contribution < -0.4 is 10.1 Å². The summed E-state index contributed by atoms with van der Waals surface area (Å²) < 4.78 is 7.11. The lowest BCUT2D eigenvalue weighted by molar-refractivity contribution is -0.115. The van der Waals surface area contributed by atoms with Crippen molar-refractivity contribution in [1.82, 2.24) is 9.55 Å². The number of anilines is 1. The van der Waals surface area contributed by atoms with E-state index in [0.29, 0.717) is 28.6 Å². The van der Waals surface area contributed by atoms with E-state index in [9.17, 15) is 4.79 Å². The summed E-state index contributed by atoms with van der Waals surface area (Å²) in [5, 5.41) is 4.25. The van der Waals surface area contributed by atoms with Crippen LogP contribution in [-0.4, -0.2) is 28.3 Å². The zero-order valence-electron chi connectivity index (χ0n) is 11.8. The first-order valence-electron chi connectivity index (χ1n) is 6.33. The van der Waals surface area contributed by atoms with Gasteiger partial charge in [-0.15, -0.1) is 0 Å². The minimum atomic E-state index is -0.0859. The summed E-state index contributed by atoms with van der Waals surface area (Å²) in [4.78, 5) is 16.1. The summed E-state index contributed by atoms with van der Waals surface area (Å²) in [7, 11) is 3.47. The molecule has 1 heterocycles. The molecule has 1 N–H and O–H groups in total. The highest BCUT2D eigenvalue weighted by molar-refractivity contribution is 7.99. The Morgan fingerprint density at radius 3 is 3.00 bits per heavy atom. The molecule has 1 amide bonds. The highest BCUT2D eigenvalue weighted by Gasteiger charge is 2.09. The van der Waals surface area contributed by atoms with Gasteiger partial charge in [-0.3, -0.25) is 4.79 Å². The van der Waals surface area contributed by atoms with Gasteiger partial charge in [0.1, 0.15) is 5.75 Å². The lowest BCUT2D eigenvalue weighted by atomic mass is 10.3. The smallest absolute Gasteiger partial charge is 0.225 e. The monoisotopic (exact) mass is 325 g/mol. The molecule has 112 valence electrons. The number of hydrogen-bond acceptors (Lipinski definition) is 4. The van der Waals surface area contributed by atoms with Crippen LogP contribution in [0.2, 0.25) is 5.02 Å². The lowest BCUT2D eigenvalue weighted by Crippen LogP contribution is -2.13. The summed E-state index contributed by atoms with van der Waals surface area (Å²) in [6.07, 6.45) is 3.99. The van der Waals surface area contributed by atoms with Crippen LogP contribution >= 0.6 is 23.4 Å². The van der Waals surface area contributed by atoms with Crippen LogP contribution in [0.25, 0.3) is 0 Å². The molecule has 0 fully saturated rings. The van der Waals surface area contributed by atoms with Gasteiger partial charge < -0.3 is 14.6 Å². The fourth-order valence-electron chi connectivity index (χ4n) is 1.72. The first-order valence-corrected chi connectivity index (χ1v) is 7.70. The zero-order chi connectivity index (χ0) is 15.2. The zero-order valence-corrected chi connectivity index (χ0v) is 13.4. The van der Waals surface area contributed by atoms with Crippen LogP contribution in [0.15, 0.2) is 35.7 Å². The molecule has 0 spiro atoms. The Morgan fingerprint density at radius 1 is 1.52 bits per heavy atom. The summed E-state index contributed by atoms with van der Waals surface area (Å²) in [5.41, 5.74) is 0.581. The number of benzene rings is 1. The van der Waals surface area contributed by atoms with Gasteiger partial charge in [-0.25, -0.2) is 4.98 Å². The van der Waals surface area contributed by atoms with Crippen molar-refractivity contribution >= 4 is 35.0 Å². The molecule has 0 radical (unpaired) electrons. The van der Waals surface area contributed by atoms with Crippen molar-refractivity contribution in [2.24, 2.45) is 7.05 Å². The van der Waals surface area contributed by atoms with Gasteiger partial charge in [-0.1, -0.05) is 23.4 Å². The molecule has 21 heavy (non-hydrogen) atoms. The molecule has 0 bridgehead atoms. The Labute approximate surface area is 132 Å². The number of carbonyl (C=O) groups is 1. The highest BCUT2D eigenvalue weighted by Crippen LogP contribution is 2.27. The van der Waals surface area contributed by atoms with Crippen molar-refractivity contribution in [3.8, 4) is 5.75 Å².